The highest BCUT2D eigenvalue weighted by Gasteiger charge is 2.15. The van der Waals surface area contributed by atoms with Gasteiger partial charge in [-0.25, -0.2) is 13.1 Å². The monoisotopic (exact) mass is 411 g/mol. The van der Waals surface area contributed by atoms with Crippen LogP contribution in [0.1, 0.15) is 17.3 Å². The van der Waals surface area contributed by atoms with Gasteiger partial charge in [0.2, 0.25) is 5.91 Å². The molecule has 2 rings (SSSR count). The van der Waals surface area contributed by atoms with Crippen molar-refractivity contribution in [2.24, 2.45) is 0 Å². The van der Waals surface area contributed by atoms with E-state index in [9.17, 15) is 18.0 Å². The summed E-state index contributed by atoms with van der Waals surface area (Å²) in [5, 5.41) is 5.55. The fourth-order valence-corrected chi connectivity index (χ4v) is 3.37. The molecule has 0 radical (unpaired) electrons. The van der Waals surface area contributed by atoms with Crippen LogP contribution in [0.2, 0.25) is 5.02 Å². The van der Waals surface area contributed by atoms with Gasteiger partial charge in [0, 0.05) is 12.6 Å². The van der Waals surface area contributed by atoms with Crippen LogP contribution in [0.5, 0.6) is 0 Å². The van der Waals surface area contributed by atoms with Crippen molar-refractivity contribution in [2.45, 2.75) is 11.8 Å². The number of hydrogen-bond donors (Lipinski definition) is 3. The largest absolute Gasteiger partial charge is 0.332 e. The minimum absolute atomic E-state index is 0.0207. The molecular formula is C16H14ClN3O4S2. The summed E-state index contributed by atoms with van der Waals surface area (Å²) in [6.07, 6.45) is 0. The van der Waals surface area contributed by atoms with Crippen molar-refractivity contribution < 1.29 is 18.0 Å². The first kappa shape index (κ1) is 19.8. The van der Waals surface area contributed by atoms with E-state index in [4.69, 9.17) is 23.8 Å². The van der Waals surface area contributed by atoms with Crippen LogP contribution in [0.4, 0.5) is 5.69 Å². The van der Waals surface area contributed by atoms with Crippen LogP contribution in [-0.2, 0) is 14.8 Å². The standard InChI is InChI=1S/C16H14ClN3O4S2/c1-10(21)20-26(23,24)12-8-6-11(7-9-12)18-16(25)19-15(22)13-4-2-3-5-14(13)17/h2-9H,1H3,(H,20,21)(H2,18,19,22,25). The predicted octanol–water partition coefficient (Wildman–Crippen LogP) is 2.29. The Hall–Kier alpha value is -2.49. The number of carbonyl (C=O) groups excluding carboxylic acids is 2. The summed E-state index contributed by atoms with van der Waals surface area (Å²) in [6, 6.07) is 12.0. The predicted molar refractivity (Wildman–Crippen MR) is 103 cm³/mol. The molecule has 10 heteroatoms. The smallest absolute Gasteiger partial charge is 0.264 e. The quantitative estimate of drug-likeness (QED) is 0.667. The minimum atomic E-state index is -3.91. The van der Waals surface area contributed by atoms with E-state index in [2.05, 4.69) is 10.6 Å². The van der Waals surface area contributed by atoms with Crippen LogP contribution in [0.3, 0.4) is 0 Å². The number of amides is 2. The Morgan fingerprint density at radius 2 is 1.65 bits per heavy atom. The van der Waals surface area contributed by atoms with Crippen molar-refractivity contribution in [1.82, 2.24) is 10.0 Å². The molecule has 0 aliphatic carbocycles. The van der Waals surface area contributed by atoms with E-state index < -0.39 is 21.8 Å². The molecule has 0 saturated heterocycles. The number of halogens is 1. The third kappa shape index (κ3) is 5.25. The van der Waals surface area contributed by atoms with E-state index in [1.807, 2.05) is 4.72 Å². The maximum Gasteiger partial charge on any atom is 0.264 e. The highest BCUT2D eigenvalue weighted by molar-refractivity contribution is 7.90. The van der Waals surface area contributed by atoms with Crippen molar-refractivity contribution in [3.8, 4) is 0 Å². The molecule has 0 heterocycles. The zero-order valence-electron chi connectivity index (χ0n) is 13.4. The maximum absolute atomic E-state index is 12.1. The second-order valence-electron chi connectivity index (χ2n) is 5.07. The van der Waals surface area contributed by atoms with Crippen LogP contribution in [0, 0.1) is 0 Å². The van der Waals surface area contributed by atoms with Gasteiger partial charge in [0.25, 0.3) is 15.9 Å². The fourth-order valence-electron chi connectivity index (χ4n) is 1.94. The van der Waals surface area contributed by atoms with Gasteiger partial charge in [-0.15, -0.1) is 0 Å². The topological polar surface area (TPSA) is 104 Å². The second kappa shape index (κ2) is 8.26. The lowest BCUT2D eigenvalue weighted by atomic mass is 10.2. The zero-order valence-corrected chi connectivity index (χ0v) is 15.8. The lowest BCUT2D eigenvalue weighted by molar-refractivity contribution is -0.117. The average Bonchev–Trinajstić information content (AvgIpc) is 2.54. The number of sulfonamides is 1. The SMILES string of the molecule is CC(=O)NS(=O)(=O)c1ccc(NC(=S)NC(=O)c2ccccc2Cl)cc1. The van der Waals surface area contributed by atoms with Crippen LogP contribution < -0.4 is 15.4 Å². The maximum atomic E-state index is 12.1. The van der Waals surface area contributed by atoms with Gasteiger partial charge in [-0.05, 0) is 48.6 Å². The Morgan fingerprint density at radius 3 is 2.23 bits per heavy atom. The lowest BCUT2D eigenvalue weighted by Crippen LogP contribution is -2.34. The van der Waals surface area contributed by atoms with Gasteiger partial charge in [0.15, 0.2) is 5.11 Å². The first-order valence-corrected chi connectivity index (χ1v) is 9.46. The summed E-state index contributed by atoms with van der Waals surface area (Å²) >= 11 is 11.0. The molecule has 2 amide bonds. The van der Waals surface area contributed by atoms with Gasteiger partial charge in [-0.1, -0.05) is 23.7 Å². The third-order valence-electron chi connectivity index (χ3n) is 3.05. The van der Waals surface area contributed by atoms with Crippen LogP contribution >= 0.6 is 23.8 Å². The van der Waals surface area contributed by atoms with E-state index in [1.165, 1.54) is 24.3 Å². The van der Waals surface area contributed by atoms with Crippen LogP contribution in [-0.4, -0.2) is 25.3 Å². The van der Waals surface area contributed by atoms with Gasteiger partial charge in [-0.3, -0.25) is 14.9 Å². The molecule has 0 aliphatic heterocycles. The summed E-state index contributed by atoms with van der Waals surface area (Å²) in [6.45, 7) is 1.10. The number of thiocarbonyl (C=S) groups is 1. The van der Waals surface area contributed by atoms with Crippen molar-refractivity contribution in [2.75, 3.05) is 5.32 Å². The fraction of sp³-hybridized carbons (Fsp3) is 0.0625. The van der Waals surface area contributed by atoms with Gasteiger partial charge < -0.3 is 5.32 Å². The second-order valence-corrected chi connectivity index (χ2v) is 7.57. The number of carbonyl (C=O) groups is 2. The summed E-state index contributed by atoms with van der Waals surface area (Å²) in [7, 11) is -3.91. The summed E-state index contributed by atoms with van der Waals surface area (Å²) in [5.41, 5.74) is 0.728. The molecule has 0 bridgehead atoms. The van der Waals surface area contributed by atoms with E-state index in [1.54, 1.807) is 24.3 Å². The highest BCUT2D eigenvalue weighted by atomic mass is 35.5. The van der Waals surface area contributed by atoms with Crippen LogP contribution in [0.15, 0.2) is 53.4 Å². The highest BCUT2D eigenvalue weighted by Crippen LogP contribution is 2.16. The Morgan fingerprint density at radius 1 is 1.04 bits per heavy atom. The molecule has 136 valence electrons. The molecule has 26 heavy (non-hydrogen) atoms. The Bertz CT molecular complexity index is 960. The minimum Gasteiger partial charge on any atom is -0.332 e. The molecule has 0 aliphatic rings. The van der Waals surface area contributed by atoms with E-state index in [0.29, 0.717) is 10.7 Å². The van der Waals surface area contributed by atoms with Gasteiger partial charge in [0.1, 0.15) is 0 Å². The van der Waals surface area contributed by atoms with Crippen LogP contribution in [0.25, 0.3) is 0 Å². The van der Waals surface area contributed by atoms with Crippen molar-refractivity contribution in [1.29, 1.82) is 0 Å². The zero-order chi connectivity index (χ0) is 19.3. The van der Waals surface area contributed by atoms with Gasteiger partial charge in [-0.2, -0.15) is 0 Å². The average molecular weight is 412 g/mol. The number of anilines is 1. The molecule has 0 atom stereocenters. The Balaban J connectivity index is 2.03. The Labute approximate surface area is 160 Å². The number of benzene rings is 2. The molecule has 2 aromatic carbocycles. The summed E-state index contributed by atoms with van der Waals surface area (Å²) < 4.78 is 25.6. The van der Waals surface area contributed by atoms with E-state index >= 15 is 0 Å². The molecule has 0 fully saturated rings. The van der Waals surface area contributed by atoms with Crippen molar-refractivity contribution in [3.05, 3.63) is 59.1 Å². The Kier molecular flexibility index (Phi) is 6.30. The molecule has 0 aromatic heterocycles. The van der Waals surface area contributed by atoms with Gasteiger partial charge >= 0.3 is 0 Å². The van der Waals surface area contributed by atoms with E-state index in [-0.39, 0.29) is 15.6 Å². The number of hydrogen-bond acceptors (Lipinski definition) is 5. The van der Waals surface area contributed by atoms with E-state index in [0.717, 1.165) is 6.92 Å². The first-order chi connectivity index (χ1) is 12.2. The molecule has 3 N–H and O–H groups in total. The summed E-state index contributed by atoms with van der Waals surface area (Å²) in [5.74, 6) is -1.16. The first-order valence-electron chi connectivity index (χ1n) is 7.19. The molecule has 0 spiro atoms. The number of nitrogens with one attached hydrogen (secondary N) is 3. The molecule has 0 saturated carbocycles. The lowest BCUT2D eigenvalue weighted by Gasteiger charge is -2.11. The molecule has 2 aromatic rings. The normalized spacial score (nSPS) is 10.7. The third-order valence-corrected chi connectivity index (χ3v) is 5.03. The molecule has 0 unspecified atom stereocenters. The van der Waals surface area contributed by atoms with Crippen molar-refractivity contribution >= 4 is 56.5 Å². The van der Waals surface area contributed by atoms with Gasteiger partial charge in [0.05, 0.1) is 15.5 Å². The summed E-state index contributed by atoms with van der Waals surface area (Å²) in [4.78, 5) is 23.0. The number of rotatable bonds is 4. The molecule has 7 nitrogen and oxygen atoms in total. The van der Waals surface area contributed by atoms with Crippen molar-refractivity contribution in [3.63, 3.8) is 0 Å². The molecular weight excluding hydrogens is 398 g/mol.